The number of carboxylic acid groups (broad SMARTS) is 1. The van der Waals surface area contributed by atoms with Crippen molar-refractivity contribution in [2.24, 2.45) is 0 Å². The van der Waals surface area contributed by atoms with Crippen LogP contribution in [0.3, 0.4) is 0 Å². The second-order valence-corrected chi connectivity index (χ2v) is 7.81. The van der Waals surface area contributed by atoms with E-state index in [0.717, 1.165) is 27.8 Å². The van der Waals surface area contributed by atoms with Crippen LogP contribution in [0.2, 0.25) is 0 Å². The number of rotatable bonds is 7. The average Bonchev–Trinajstić information content (AvgIpc) is 2.98. The molecule has 31 heavy (non-hydrogen) atoms. The first kappa shape index (κ1) is 22.1. The van der Waals surface area contributed by atoms with Crippen LogP contribution in [0.25, 0.3) is 6.08 Å². The molecule has 9 heteroatoms. The summed E-state index contributed by atoms with van der Waals surface area (Å²) >= 11 is 0.758. The predicted octanol–water partition coefficient (Wildman–Crippen LogP) is 3.44. The molecule has 1 heterocycles. The molecule has 0 bridgehead atoms. The maximum atomic E-state index is 12.6. The molecule has 8 nitrogen and oxygen atoms in total. The van der Waals surface area contributed by atoms with Crippen molar-refractivity contribution in [2.75, 3.05) is 18.5 Å². The van der Waals surface area contributed by atoms with E-state index in [1.54, 1.807) is 30.3 Å². The van der Waals surface area contributed by atoms with Gasteiger partial charge in [0.2, 0.25) is 5.91 Å². The number of nitrogens with zero attached hydrogens (tertiary/aromatic N) is 1. The minimum Gasteiger partial charge on any atom is -0.482 e. The smallest absolute Gasteiger partial charge is 0.341 e. The lowest BCUT2D eigenvalue weighted by Crippen LogP contribution is -2.36. The Bertz CT molecular complexity index is 1080. The van der Waals surface area contributed by atoms with Crippen molar-refractivity contribution in [1.82, 2.24) is 4.90 Å². The van der Waals surface area contributed by atoms with Crippen molar-refractivity contribution in [3.05, 3.63) is 64.1 Å². The zero-order valence-corrected chi connectivity index (χ0v) is 17.7. The summed E-state index contributed by atoms with van der Waals surface area (Å²) in [7, 11) is 0. The minimum absolute atomic E-state index is 0.198. The van der Waals surface area contributed by atoms with Gasteiger partial charge in [-0.1, -0.05) is 24.3 Å². The number of imide groups is 1. The number of amides is 3. The highest BCUT2D eigenvalue weighted by atomic mass is 32.2. The first-order valence-electron chi connectivity index (χ1n) is 9.30. The molecular weight excluding hydrogens is 420 g/mol. The van der Waals surface area contributed by atoms with Gasteiger partial charge in [-0.3, -0.25) is 19.3 Å². The van der Waals surface area contributed by atoms with Gasteiger partial charge >= 0.3 is 5.97 Å². The van der Waals surface area contributed by atoms with E-state index in [1.165, 1.54) is 6.08 Å². The van der Waals surface area contributed by atoms with Gasteiger partial charge in [0.05, 0.1) is 4.91 Å². The van der Waals surface area contributed by atoms with Crippen LogP contribution in [0.15, 0.2) is 47.4 Å². The van der Waals surface area contributed by atoms with Gasteiger partial charge in [0, 0.05) is 5.69 Å². The van der Waals surface area contributed by atoms with Gasteiger partial charge in [0.15, 0.2) is 6.61 Å². The van der Waals surface area contributed by atoms with E-state index in [4.69, 9.17) is 9.84 Å². The summed E-state index contributed by atoms with van der Waals surface area (Å²) in [4.78, 5) is 48.9. The second-order valence-electron chi connectivity index (χ2n) is 6.81. The Morgan fingerprint density at radius 2 is 1.84 bits per heavy atom. The molecule has 1 fully saturated rings. The number of aliphatic carboxylic acids is 1. The van der Waals surface area contributed by atoms with E-state index in [1.807, 2.05) is 26.0 Å². The molecule has 3 amide bonds. The fourth-order valence-corrected chi connectivity index (χ4v) is 3.65. The van der Waals surface area contributed by atoms with E-state index < -0.39 is 29.6 Å². The van der Waals surface area contributed by atoms with Crippen molar-refractivity contribution in [2.45, 2.75) is 13.8 Å². The molecule has 0 unspecified atom stereocenters. The average molecular weight is 440 g/mol. The van der Waals surface area contributed by atoms with E-state index >= 15 is 0 Å². The number of carbonyl (C=O) groups is 4. The monoisotopic (exact) mass is 440 g/mol. The summed E-state index contributed by atoms with van der Waals surface area (Å²) in [5, 5.41) is 10.8. The van der Waals surface area contributed by atoms with Gasteiger partial charge in [-0.15, -0.1) is 0 Å². The van der Waals surface area contributed by atoms with Crippen molar-refractivity contribution >= 4 is 46.5 Å². The molecule has 1 saturated heterocycles. The third-order valence-electron chi connectivity index (χ3n) is 4.59. The Kier molecular flexibility index (Phi) is 6.76. The largest absolute Gasteiger partial charge is 0.482 e. The van der Waals surface area contributed by atoms with Gasteiger partial charge in [0.25, 0.3) is 11.1 Å². The molecule has 160 valence electrons. The Morgan fingerprint density at radius 3 is 2.52 bits per heavy atom. The van der Waals surface area contributed by atoms with Crippen LogP contribution in [-0.2, 0) is 14.4 Å². The predicted molar refractivity (Wildman–Crippen MR) is 117 cm³/mol. The van der Waals surface area contributed by atoms with E-state index in [9.17, 15) is 19.2 Å². The number of carbonyl (C=O) groups excluding carboxylic acids is 3. The first-order valence-corrected chi connectivity index (χ1v) is 10.1. The topological polar surface area (TPSA) is 113 Å². The van der Waals surface area contributed by atoms with Crippen LogP contribution in [0.5, 0.6) is 5.75 Å². The van der Waals surface area contributed by atoms with E-state index in [0.29, 0.717) is 17.0 Å². The fourth-order valence-electron chi connectivity index (χ4n) is 2.81. The maximum absolute atomic E-state index is 12.6. The number of ether oxygens (including phenoxy) is 1. The van der Waals surface area contributed by atoms with Crippen LogP contribution in [0.4, 0.5) is 10.5 Å². The molecule has 0 atom stereocenters. The number of carboxylic acids is 1. The maximum Gasteiger partial charge on any atom is 0.341 e. The molecule has 2 N–H and O–H groups in total. The molecule has 0 spiro atoms. The van der Waals surface area contributed by atoms with Gasteiger partial charge in [-0.25, -0.2) is 4.79 Å². The summed E-state index contributed by atoms with van der Waals surface area (Å²) in [5.74, 6) is -1.72. The summed E-state index contributed by atoms with van der Waals surface area (Å²) in [6, 6.07) is 11.9. The third kappa shape index (κ3) is 5.52. The Labute approximate surface area is 182 Å². The molecule has 1 aliphatic heterocycles. The second kappa shape index (κ2) is 9.48. The van der Waals surface area contributed by atoms with Crippen molar-refractivity contribution < 1.29 is 29.0 Å². The highest BCUT2D eigenvalue weighted by molar-refractivity contribution is 8.18. The van der Waals surface area contributed by atoms with Crippen LogP contribution < -0.4 is 10.1 Å². The zero-order valence-electron chi connectivity index (χ0n) is 16.9. The van der Waals surface area contributed by atoms with Crippen LogP contribution in [0, 0.1) is 13.8 Å². The van der Waals surface area contributed by atoms with Gasteiger partial charge in [-0.05, 0) is 66.6 Å². The van der Waals surface area contributed by atoms with Crippen molar-refractivity contribution in [3.63, 3.8) is 0 Å². The minimum atomic E-state index is -1.08. The fraction of sp³-hybridized carbons (Fsp3) is 0.182. The Balaban J connectivity index is 1.65. The number of benzene rings is 2. The van der Waals surface area contributed by atoms with Crippen LogP contribution >= 0.6 is 11.8 Å². The number of anilines is 1. The summed E-state index contributed by atoms with van der Waals surface area (Å²) < 4.78 is 5.06. The molecule has 1 aliphatic rings. The standard InChI is InChI=1S/C22H20N2O6S/c1-13-4-3-5-17(14(13)2)23-19(25)11-24-21(28)18(31-22(24)29)10-15-6-8-16(9-7-15)30-12-20(26)27/h3-10H,11-12H2,1-2H3,(H,23,25)(H,26,27)/b18-10+. The van der Waals surface area contributed by atoms with Crippen LogP contribution in [0.1, 0.15) is 16.7 Å². The Morgan fingerprint density at radius 1 is 1.13 bits per heavy atom. The lowest BCUT2D eigenvalue weighted by Gasteiger charge is -2.14. The van der Waals surface area contributed by atoms with E-state index in [-0.39, 0.29) is 11.4 Å². The van der Waals surface area contributed by atoms with Gasteiger partial charge < -0.3 is 15.2 Å². The molecule has 2 aromatic rings. The molecule has 0 radical (unpaired) electrons. The molecule has 3 rings (SSSR count). The van der Waals surface area contributed by atoms with Gasteiger partial charge in [0.1, 0.15) is 12.3 Å². The quantitative estimate of drug-likeness (QED) is 0.634. The lowest BCUT2D eigenvalue weighted by molar-refractivity contribution is -0.139. The van der Waals surface area contributed by atoms with E-state index in [2.05, 4.69) is 5.32 Å². The third-order valence-corrected chi connectivity index (χ3v) is 5.50. The van der Waals surface area contributed by atoms with Crippen molar-refractivity contribution in [1.29, 1.82) is 0 Å². The molecule has 0 aliphatic carbocycles. The summed E-state index contributed by atoms with van der Waals surface area (Å²) in [6.07, 6.45) is 1.54. The molecule has 2 aromatic carbocycles. The van der Waals surface area contributed by atoms with Crippen LogP contribution in [-0.4, -0.2) is 46.2 Å². The lowest BCUT2D eigenvalue weighted by atomic mass is 10.1. The number of nitrogens with one attached hydrogen (secondary N) is 1. The number of hydrogen-bond donors (Lipinski definition) is 2. The number of thioether (sulfide) groups is 1. The molecule has 0 aromatic heterocycles. The zero-order chi connectivity index (χ0) is 22.5. The highest BCUT2D eigenvalue weighted by Gasteiger charge is 2.36. The summed E-state index contributed by atoms with van der Waals surface area (Å²) in [5.41, 5.74) is 3.21. The molecule has 0 saturated carbocycles. The Hall–Kier alpha value is -3.59. The molecular formula is C22H20N2O6S. The number of aryl methyl sites for hydroxylation is 1. The highest BCUT2D eigenvalue weighted by Crippen LogP contribution is 2.32. The summed E-state index contributed by atoms with van der Waals surface area (Å²) in [6.45, 7) is 2.97. The van der Waals surface area contributed by atoms with Crippen molar-refractivity contribution in [3.8, 4) is 5.75 Å². The first-order chi connectivity index (χ1) is 14.7. The SMILES string of the molecule is Cc1cccc(NC(=O)CN2C(=O)S/C(=C/c3ccc(OCC(=O)O)cc3)C2=O)c1C. The number of hydrogen-bond acceptors (Lipinski definition) is 6. The normalized spacial score (nSPS) is 14.8. The van der Waals surface area contributed by atoms with Gasteiger partial charge in [-0.2, -0.15) is 0 Å².